The first kappa shape index (κ1) is 13.4. The van der Waals surface area contributed by atoms with E-state index in [1.165, 1.54) is 38.5 Å². The van der Waals surface area contributed by atoms with Gasteiger partial charge in [-0.15, -0.1) is 0 Å². The van der Waals surface area contributed by atoms with Crippen molar-refractivity contribution in [2.24, 2.45) is 5.41 Å². The van der Waals surface area contributed by atoms with Crippen molar-refractivity contribution >= 4 is 0 Å². The first-order chi connectivity index (χ1) is 7.86. The van der Waals surface area contributed by atoms with Crippen molar-refractivity contribution in [1.82, 2.24) is 5.32 Å². The molecule has 2 nitrogen and oxygen atoms in total. The van der Waals surface area contributed by atoms with E-state index in [0.717, 1.165) is 12.8 Å². The van der Waals surface area contributed by atoms with Gasteiger partial charge in [0.2, 0.25) is 0 Å². The van der Waals surface area contributed by atoms with Crippen molar-refractivity contribution in [2.45, 2.75) is 89.8 Å². The Labute approximate surface area is 106 Å². The predicted molar refractivity (Wildman–Crippen MR) is 72.1 cm³/mol. The summed E-state index contributed by atoms with van der Waals surface area (Å²) in [5.74, 6) is 0. The summed E-state index contributed by atoms with van der Waals surface area (Å²) in [6, 6.07) is 1.21. The van der Waals surface area contributed by atoms with Crippen LogP contribution in [0.4, 0.5) is 0 Å². The third-order valence-corrected chi connectivity index (χ3v) is 4.63. The highest BCUT2D eigenvalue weighted by Gasteiger charge is 2.34. The second-order valence-corrected chi connectivity index (χ2v) is 7.41. The summed E-state index contributed by atoms with van der Waals surface area (Å²) >= 11 is 0. The summed E-state index contributed by atoms with van der Waals surface area (Å²) in [5.41, 5.74) is -0.0319. The van der Waals surface area contributed by atoms with Gasteiger partial charge in [-0.25, -0.2) is 0 Å². The van der Waals surface area contributed by atoms with Gasteiger partial charge >= 0.3 is 0 Å². The van der Waals surface area contributed by atoms with E-state index in [4.69, 9.17) is 0 Å². The Morgan fingerprint density at radius 3 is 2.29 bits per heavy atom. The van der Waals surface area contributed by atoms with Gasteiger partial charge in [0.15, 0.2) is 0 Å². The zero-order chi connectivity index (χ0) is 12.5. The van der Waals surface area contributed by atoms with E-state index in [0.29, 0.717) is 17.5 Å². The van der Waals surface area contributed by atoms with Crippen LogP contribution in [0, 0.1) is 5.41 Å². The predicted octanol–water partition coefficient (Wildman–Crippen LogP) is 3.24. The van der Waals surface area contributed by atoms with Crippen LogP contribution in [-0.4, -0.2) is 22.8 Å². The molecule has 2 bridgehead atoms. The molecule has 2 fully saturated rings. The lowest BCUT2D eigenvalue weighted by Gasteiger charge is -2.41. The summed E-state index contributed by atoms with van der Waals surface area (Å²) in [7, 11) is 0. The van der Waals surface area contributed by atoms with E-state index < -0.39 is 5.60 Å². The molecule has 0 aromatic carbocycles. The van der Waals surface area contributed by atoms with Gasteiger partial charge in [0, 0.05) is 12.1 Å². The highest BCUT2D eigenvalue weighted by atomic mass is 16.3. The topological polar surface area (TPSA) is 32.3 Å². The van der Waals surface area contributed by atoms with Gasteiger partial charge in [0.05, 0.1) is 5.60 Å². The molecule has 0 saturated carbocycles. The average molecular weight is 239 g/mol. The summed E-state index contributed by atoms with van der Waals surface area (Å²) in [6.45, 7) is 6.77. The highest BCUT2D eigenvalue weighted by molar-refractivity contribution is 4.91. The van der Waals surface area contributed by atoms with Crippen molar-refractivity contribution in [3.8, 4) is 0 Å². The van der Waals surface area contributed by atoms with Crippen LogP contribution in [-0.2, 0) is 0 Å². The van der Waals surface area contributed by atoms with Crippen molar-refractivity contribution in [2.75, 3.05) is 0 Å². The van der Waals surface area contributed by atoms with E-state index in [2.05, 4.69) is 19.2 Å². The van der Waals surface area contributed by atoms with Crippen molar-refractivity contribution < 1.29 is 5.11 Å². The fourth-order valence-corrected chi connectivity index (χ4v) is 3.79. The van der Waals surface area contributed by atoms with Gasteiger partial charge in [-0.1, -0.05) is 20.3 Å². The third kappa shape index (κ3) is 3.96. The Kier molecular flexibility index (Phi) is 3.84. The smallest absolute Gasteiger partial charge is 0.0634 e. The molecular formula is C15H29NO. The van der Waals surface area contributed by atoms with Crippen molar-refractivity contribution in [1.29, 1.82) is 0 Å². The zero-order valence-electron chi connectivity index (χ0n) is 11.8. The monoisotopic (exact) mass is 239 g/mol. The van der Waals surface area contributed by atoms with Crippen LogP contribution >= 0.6 is 0 Å². The standard InChI is InChI=1S/C15H29NO/c1-14(2)8-4-6-12-7-5-9-15(3,17)11-13(10-14)16-12/h12-13,16-17H,4-11H2,1-3H3. The first-order valence-electron chi connectivity index (χ1n) is 7.35. The second kappa shape index (κ2) is 4.89. The number of fused-ring (bicyclic) bond motifs is 2. The maximum Gasteiger partial charge on any atom is 0.0634 e. The molecule has 2 rings (SSSR count). The zero-order valence-corrected chi connectivity index (χ0v) is 11.8. The molecule has 2 saturated heterocycles. The molecule has 3 unspecified atom stereocenters. The van der Waals surface area contributed by atoms with E-state index in [1.807, 2.05) is 6.92 Å². The average Bonchev–Trinajstić information content (AvgIpc) is 2.10. The lowest BCUT2D eigenvalue weighted by atomic mass is 9.74. The van der Waals surface area contributed by atoms with E-state index in [-0.39, 0.29) is 0 Å². The minimum Gasteiger partial charge on any atom is -0.390 e. The number of hydrogen-bond acceptors (Lipinski definition) is 2. The lowest BCUT2D eigenvalue weighted by Crippen LogP contribution is -2.48. The molecule has 100 valence electrons. The molecular weight excluding hydrogens is 210 g/mol. The van der Waals surface area contributed by atoms with Gasteiger partial charge in [0.1, 0.15) is 0 Å². The molecule has 0 aliphatic carbocycles. The van der Waals surface area contributed by atoms with Crippen LogP contribution < -0.4 is 5.32 Å². The summed E-state index contributed by atoms with van der Waals surface area (Å²) in [4.78, 5) is 0. The molecule has 2 N–H and O–H groups in total. The van der Waals surface area contributed by atoms with Gasteiger partial charge in [-0.05, 0) is 57.3 Å². The van der Waals surface area contributed by atoms with Crippen LogP contribution in [0.1, 0.15) is 72.1 Å². The molecule has 0 radical (unpaired) electrons. The first-order valence-corrected chi connectivity index (χ1v) is 7.35. The van der Waals surface area contributed by atoms with Crippen molar-refractivity contribution in [3.05, 3.63) is 0 Å². The molecule has 0 aromatic rings. The van der Waals surface area contributed by atoms with Crippen LogP contribution in [0.25, 0.3) is 0 Å². The van der Waals surface area contributed by atoms with Gasteiger partial charge in [-0.2, -0.15) is 0 Å². The lowest BCUT2D eigenvalue weighted by molar-refractivity contribution is 0.0109. The number of aliphatic hydroxyl groups is 1. The Balaban J connectivity index is 2.08. The van der Waals surface area contributed by atoms with E-state index in [1.54, 1.807) is 0 Å². The third-order valence-electron chi connectivity index (χ3n) is 4.63. The quantitative estimate of drug-likeness (QED) is 0.680. The van der Waals surface area contributed by atoms with Gasteiger partial charge < -0.3 is 10.4 Å². The molecule has 2 heterocycles. The molecule has 17 heavy (non-hydrogen) atoms. The summed E-state index contributed by atoms with van der Waals surface area (Å²) in [5, 5.41) is 14.2. The SMILES string of the molecule is CC1(C)CCCC2CCCC(C)(O)CC(C1)N2. The normalized spacial score (nSPS) is 43.1. The summed E-state index contributed by atoms with van der Waals surface area (Å²) < 4.78 is 0. The van der Waals surface area contributed by atoms with Gasteiger partial charge in [0.25, 0.3) is 0 Å². The molecule has 2 aliphatic heterocycles. The van der Waals surface area contributed by atoms with Crippen LogP contribution in [0.2, 0.25) is 0 Å². The Bertz CT molecular complexity index is 236. The molecule has 2 aliphatic rings. The molecule has 0 amide bonds. The molecule has 2 heteroatoms. The fourth-order valence-electron chi connectivity index (χ4n) is 3.79. The maximum absolute atomic E-state index is 10.4. The summed E-state index contributed by atoms with van der Waals surface area (Å²) in [6.07, 6.45) is 9.53. The van der Waals surface area contributed by atoms with Crippen molar-refractivity contribution in [3.63, 3.8) is 0 Å². The Morgan fingerprint density at radius 1 is 0.941 bits per heavy atom. The minimum absolute atomic E-state index is 0.428. The minimum atomic E-state index is -0.460. The Morgan fingerprint density at radius 2 is 1.59 bits per heavy atom. The largest absolute Gasteiger partial charge is 0.390 e. The van der Waals surface area contributed by atoms with Gasteiger partial charge in [-0.3, -0.25) is 0 Å². The van der Waals surface area contributed by atoms with E-state index in [9.17, 15) is 5.11 Å². The number of nitrogens with one attached hydrogen (secondary N) is 1. The van der Waals surface area contributed by atoms with E-state index >= 15 is 0 Å². The van der Waals surface area contributed by atoms with Crippen LogP contribution in [0.5, 0.6) is 0 Å². The highest BCUT2D eigenvalue weighted by Crippen LogP contribution is 2.36. The molecule has 0 spiro atoms. The number of hydrogen-bond donors (Lipinski definition) is 2. The second-order valence-electron chi connectivity index (χ2n) is 7.41. The fraction of sp³-hybridized carbons (Fsp3) is 1.00. The van der Waals surface area contributed by atoms with Crippen LogP contribution in [0.3, 0.4) is 0 Å². The molecule has 3 atom stereocenters. The Hall–Kier alpha value is -0.0800. The maximum atomic E-state index is 10.4. The number of rotatable bonds is 0. The molecule has 0 aromatic heterocycles. The van der Waals surface area contributed by atoms with Crippen LogP contribution in [0.15, 0.2) is 0 Å².